The molecule has 0 aromatic heterocycles. The Morgan fingerprint density at radius 1 is 1.43 bits per heavy atom. The van der Waals surface area contributed by atoms with Crippen LogP contribution in [0.4, 0.5) is 5.69 Å². The maximum Gasteiger partial charge on any atom is 0.270 e. The first kappa shape index (κ1) is 17.4. The van der Waals surface area contributed by atoms with Crippen molar-refractivity contribution in [2.45, 2.75) is 45.8 Å². The SMILES string of the molecule is CCCNCc1cc([N+](=O)[O-])ccc1OCCC(C)(C)O. The summed E-state index contributed by atoms with van der Waals surface area (Å²) < 4.78 is 5.66. The van der Waals surface area contributed by atoms with Crippen LogP contribution >= 0.6 is 0 Å². The first-order valence-electron chi connectivity index (χ1n) is 7.16. The second-order valence-electron chi connectivity index (χ2n) is 5.64. The number of aliphatic hydroxyl groups is 1. The molecule has 2 N–H and O–H groups in total. The van der Waals surface area contributed by atoms with Crippen LogP contribution in [-0.2, 0) is 6.54 Å². The van der Waals surface area contributed by atoms with E-state index in [2.05, 4.69) is 12.2 Å². The number of ether oxygens (including phenoxy) is 1. The largest absolute Gasteiger partial charge is 0.493 e. The van der Waals surface area contributed by atoms with Gasteiger partial charge in [-0.2, -0.15) is 0 Å². The molecule has 6 nitrogen and oxygen atoms in total. The molecule has 0 bridgehead atoms. The number of hydrogen-bond donors (Lipinski definition) is 2. The summed E-state index contributed by atoms with van der Waals surface area (Å²) in [5.74, 6) is 0.619. The van der Waals surface area contributed by atoms with Gasteiger partial charge in [-0.25, -0.2) is 0 Å². The molecule has 0 heterocycles. The van der Waals surface area contributed by atoms with Gasteiger partial charge in [0.25, 0.3) is 5.69 Å². The van der Waals surface area contributed by atoms with E-state index in [0.29, 0.717) is 25.3 Å². The highest BCUT2D eigenvalue weighted by atomic mass is 16.6. The van der Waals surface area contributed by atoms with Gasteiger partial charge >= 0.3 is 0 Å². The minimum atomic E-state index is -0.790. The summed E-state index contributed by atoms with van der Waals surface area (Å²) in [6.45, 7) is 7.22. The Kier molecular flexibility index (Phi) is 6.58. The molecule has 0 saturated heterocycles. The molecule has 1 aromatic carbocycles. The number of rotatable bonds is 9. The summed E-state index contributed by atoms with van der Waals surface area (Å²) in [7, 11) is 0. The molecular formula is C15H24N2O4. The van der Waals surface area contributed by atoms with Gasteiger partial charge in [-0.15, -0.1) is 0 Å². The lowest BCUT2D eigenvalue weighted by Gasteiger charge is -2.18. The van der Waals surface area contributed by atoms with Gasteiger partial charge < -0.3 is 15.2 Å². The molecule has 0 atom stereocenters. The monoisotopic (exact) mass is 296 g/mol. The molecule has 6 heteroatoms. The zero-order valence-corrected chi connectivity index (χ0v) is 12.9. The highest BCUT2D eigenvalue weighted by molar-refractivity contribution is 5.43. The lowest BCUT2D eigenvalue weighted by atomic mass is 10.1. The lowest BCUT2D eigenvalue weighted by molar-refractivity contribution is -0.384. The van der Waals surface area contributed by atoms with E-state index in [1.807, 2.05) is 0 Å². The number of hydrogen-bond acceptors (Lipinski definition) is 5. The van der Waals surface area contributed by atoms with Gasteiger partial charge in [0.2, 0.25) is 0 Å². The molecule has 1 rings (SSSR count). The van der Waals surface area contributed by atoms with Crippen molar-refractivity contribution in [1.82, 2.24) is 5.32 Å². The van der Waals surface area contributed by atoms with Crippen molar-refractivity contribution in [3.8, 4) is 5.75 Å². The van der Waals surface area contributed by atoms with Gasteiger partial charge in [0.1, 0.15) is 5.75 Å². The molecule has 0 fully saturated rings. The van der Waals surface area contributed by atoms with Crippen LogP contribution in [0.15, 0.2) is 18.2 Å². The van der Waals surface area contributed by atoms with Crippen molar-refractivity contribution < 1.29 is 14.8 Å². The summed E-state index contributed by atoms with van der Waals surface area (Å²) in [5.41, 5.74) is 0.0213. The molecular weight excluding hydrogens is 272 g/mol. The van der Waals surface area contributed by atoms with Gasteiger partial charge in [-0.3, -0.25) is 10.1 Å². The molecule has 0 amide bonds. The van der Waals surface area contributed by atoms with E-state index in [9.17, 15) is 15.2 Å². The van der Waals surface area contributed by atoms with E-state index >= 15 is 0 Å². The molecule has 118 valence electrons. The third kappa shape index (κ3) is 6.55. The minimum Gasteiger partial charge on any atom is -0.493 e. The van der Waals surface area contributed by atoms with Crippen molar-refractivity contribution in [3.05, 3.63) is 33.9 Å². The van der Waals surface area contributed by atoms with Gasteiger partial charge in [0.05, 0.1) is 17.1 Å². The van der Waals surface area contributed by atoms with E-state index in [4.69, 9.17) is 4.74 Å². The van der Waals surface area contributed by atoms with E-state index in [0.717, 1.165) is 18.5 Å². The molecule has 0 spiro atoms. The Labute approximate surface area is 125 Å². The Morgan fingerprint density at radius 3 is 2.71 bits per heavy atom. The Morgan fingerprint density at radius 2 is 2.14 bits per heavy atom. The van der Waals surface area contributed by atoms with Crippen molar-refractivity contribution in [2.24, 2.45) is 0 Å². The number of benzene rings is 1. The summed E-state index contributed by atoms with van der Waals surface area (Å²) in [4.78, 5) is 10.4. The topological polar surface area (TPSA) is 84.6 Å². The highest BCUT2D eigenvalue weighted by Crippen LogP contribution is 2.25. The molecule has 0 unspecified atom stereocenters. The molecule has 0 radical (unpaired) electrons. The standard InChI is InChI=1S/C15H24N2O4/c1-4-8-16-11-12-10-13(17(19)20)5-6-14(12)21-9-7-15(2,3)18/h5-6,10,16,18H,4,7-9,11H2,1-3H3. The van der Waals surface area contributed by atoms with Crippen molar-refractivity contribution >= 4 is 5.69 Å². The van der Waals surface area contributed by atoms with Crippen LogP contribution in [0, 0.1) is 10.1 Å². The smallest absolute Gasteiger partial charge is 0.270 e. The fraction of sp³-hybridized carbons (Fsp3) is 0.600. The lowest BCUT2D eigenvalue weighted by Crippen LogP contribution is -2.22. The maximum atomic E-state index is 10.9. The first-order chi connectivity index (χ1) is 9.83. The van der Waals surface area contributed by atoms with Gasteiger partial charge in [-0.05, 0) is 32.9 Å². The number of non-ortho nitro benzene ring substituents is 1. The van der Waals surface area contributed by atoms with E-state index < -0.39 is 10.5 Å². The minimum absolute atomic E-state index is 0.0538. The van der Waals surface area contributed by atoms with Crippen LogP contribution < -0.4 is 10.1 Å². The average molecular weight is 296 g/mol. The van der Waals surface area contributed by atoms with Crippen LogP contribution in [0.5, 0.6) is 5.75 Å². The van der Waals surface area contributed by atoms with Crippen LogP contribution in [-0.4, -0.2) is 28.8 Å². The second-order valence-corrected chi connectivity index (χ2v) is 5.64. The highest BCUT2D eigenvalue weighted by Gasteiger charge is 2.15. The zero-order valence-electron chi connectivity index (χ0n) is 12.9. The third-order valence-electron chi connectivity index (χ3n) is 2.97. The van der Waals surface area contributed by atoms with Crippen LogP contribution in [0.3, 0.4) is 0 Å². The average Bonchev–Trinajstić information content (AvgIpc) is 2.38. The molecule has 1 aromatic rings. The van der Waals surface area contributed by atoms with E-state index in [1.165, 1.54) is 12.1 Å². The normalized spacial score (nSPS) is 11.4. The summed E-state index contributed by atoms with van der Waals surface area (Å²) in [5, 5.41) is 23.7. The van der Waals surface area contributed by atoms with E-state index in [-0.39, 0.29) is 5.69 Å². The molecule has 0 aliphatic rings. The fourth-order valence-corrected chi connectivity index (χ4v) is 1.77. The number of nitro groups is 1. The Balaban J connectivity index is 2.77. The molecule has 21 heavy (non-hydrogen) atoms. The summed E-state index contributed by atoms with van der Waals surface area (Å²) in [6, 6.07) is 4.58. The number of nitro benzene ring substituents is 1. The van der Waals surface area contributed by atoms with Gasteiger partial charge in [-0.1, -0.05) is 6.92 Å². The fourth-order valence-electron chi connectivity index (χ4n) is 1.77. The van der Waals surface area contributed by atoms with Crippen LogP contribution in [0.1, 0.15) is 39.2 Å². The summed E-state index contributed by atoms with van der Waals surface area (Å²) >= 11 is 0. The number of nitrogens with zero attached hydrogens (tertiary/aromatic N) is 1. The quantitative estimate of drug-likeness (QED) is 0.416. The Bertz CT molecular complexity index is 469. The predicted octanol–water partition coefficient (Wildman–Crippen LogP) is 2.63. The zero-order chi connectivity index (χ0) is 15.9. The summed E-state index contributed by atoms with van der Waals surface area (Å²) in [6.07, 6.45) is 1.48. The molecule has 0 saturated carbocycles. The van der Waals surface area contributed by atoms with Crippen molar-refractivity contribution in [3.63, 3.8) is 0 Å². The van der Waals surface area contributed by atoms with Gasteiger partial charge in [0, 0.05) is 30.7 Å². The molecule has 0 aliphatic heterocycles. The van der Waals surface area contributed by atoms with Gasteiger partial charge in [0.15, 0.2) is 0 Å². The maximum absolute atomic E-state index is 10.9. The van der Waals surface area contributed by atoms with Crippen LogP contribution in [0.25, 0.3) is 0 Å². The first-order valence-corrected chi connectivity index (χ1v) is 7.16. The molecule has 0 aliphatic carbocycles. The third-order valence-corrected chi connectivity index (χ3v) is 2.97. The number of nitrogens with one attached hydrogen (secondary N) is 1. The second kappa shape index (κ2) is 7.95. The predicted molar refractivity (Wildman–Crippen MR) is 81.5 cm³/mol. The van der Waals surface area contributed by atoms with Crippen molar-refractivity contribution in [1.29, 1.82) is 0 Å². The van der Waals surface area contributed by atoms with Crippen LogP contribution in [0.2, 0.25) is 0 Å². The Hall–Kier alpha value is -1.66. The van der Waals surface area contributed by atoms with E-state index in [1.54, 1.807) is 19.9 Å². The van der Waals surface area contributed by atoms with Crippen molar-refractivity contribution in [2.75, 3.05) is 13.2 Å².